The fraction of sp³-hybridized carbons (Fsp3) is 0.333. The van der Waals surface area contributed by atoms with E-state index in [1.807, 2.05) is 6.92 Å². The van der Waals surface area contributed by atoms with Crippen LogP contribution in [0.5, 0.6) is 0 Å². The summed E-state index contributed by atoms with van der Waals surface area (Å²) in [5.41, 5.74) is 4.02. The molecule has 1 N–H and O–H groups in total. The van der Waals surface area contributed by atoms with Crippen LogP contribution in [0, 0.1) is 6.92 Å². The molecule has 0 aliphatic heterocycles. The Bertz CT molecular complexity index is 699. The number of aryl methyl sites for hydroxylation is 2. The lowest BCUT2D eigenvalue weighted by Gasteiger charge is -2.25. The fourth-order valence-corrected chi connectivity index (χ4v) is 3.36. The van der Waals surface area contributed by atoms with E-state index in [1.54, 1.807) is 12.3 Å². The average Bonchev–Trinajstić information content (AvgIpc) is 2.52. The number of amides is 1. The van der Waals surface area contributed by atoms with Crippen LogP contribution in [-0.2, 0) is 6.42 Å². The number of pyridine rings is 1. The molecule has 1 unspecified atom stereocenters. The number of benzene rings is 1. The number of hydrogen-bond acceptors (Lipinski definition) is 2. The second-order valence-electron chi connectivity index (χ2n) is 5.80. The normalized spacial score (nSPS) is 16.9. The topological polar surface area (TPSA) is 42.0 Å². The first-order valence-electron chi connectivity index (χ1n) is 7.63. The largest absolute Gasteiger partial charge is 0.351 e. The Hall–Kier alpha value is -1.87. The molecular formula is C18H19ClN2O. The zero-order chi connectivity index (χ0) is 15.5. The molecule has 1 atom stereocenters. The summed E-state index contributed by atoms with van der Waals surface area (Å²) in [6.45, 7) is 2.49. The lowest BCUT2D eigenvalue weighted by atomic mass is 9.83. The Balaban J connectivity index is 1.69. The molecule has 0 saturated carbocycles. The second kappa shape index (κ2) is 6.49. The third-order valence-corrected chi connectivity index (χ3v) is 4.55. The molecule has 2 aromatic rings. The smallest absolute Gasteiger partial charge is 0.254 e. The molecule has 0 fully saturated rings. The van der Waals surface area contributed by atoms with E-state index in [2.05, 4.69) is 34.6 Å². The number of halogens is 1. The molecule has 3 rings (SSSR count). The van der Waals surface area contributed by atoms with E-state index in [4.69, 9.17) is 11.6 Å². The first kappa shape index (κ1) is 15.0. The number of nitrogens with one attached hydrogen (secondary N) is 1. The zero-order valence-corrected chi connectivity index (χ0v) is 13.4. The molecule has 1 aromatic carbocycles. The maximum atomic E-state index is 12.3. The van der Waals surface area contributed by atoms with Gasteiger partial charge < -0.3 is 5.32 Å². The first-order chi connectivity index (χ1) is 10.6. The quantitative estimate of drug-likeness (QED) is 0.933. The molecule has 1 aliphatic rings. The van der Waals surface area contributed by atoms with E-state index in [0.717, 1.165) is 18.5 Å². The van der Waals surface area contributed by atoms with E-state index in [0.29, 0.717) is 23.0 Å². The zero-order valence-electron chi connectivity index (χ0n) is 12.6. The number of hydrogen-bond donors (Lipinski definition) is 1. The van der Waals surface area contributed by atoms with Crippen molar-refractivity contribution in [3.63, 3.8) is 0 Å². The summed E-state index contributed by atoms with van der Waals surface area (Å²) in [7, 11) is 0. The van der Waals surface area contributed by atoms with Crippen molar-refractivity contribution in [2.45, 2.75) is 32.1 Å². The van der Waals surface area contributed by atoms with Gasteiger partial charge in [-0.1, -0.05) is 35.9 Å². The van der Waals surface area contributed by atoms with Crippen molar-refractivity contribution in [2.75, 3.05) is 6.54 Å². The summed E-state index contributed by atoms with van der Waals surface area (Å²) in [5, 5.41) is 3.46. The molecule has 0 radical (unpaired) electrons. The lowest BCUT2D eigenvalue weighted by molar-refractivity contribution is 0.0950. The summed E-state index contributed by atoms with van der Waals surface area (Å²) in [4.78, 5) is 16.4. The van der Waals surface area contributed by atoms with Crippen LogP contribution in [0.2, 0.25) is 5.02 Å². The van der Waals surface area contributed by atoms with Gasteiger partial charge in [0.05, 0.1) is 10.6 Å². The minimum atomic E-state index is -0.152. The maximum absolute atomic E-state index is 12.3. The molecule has 0 bridgehead atoms. The highest BCUT2D eigenvalue weighted by molar-refractivity contribution is 6.33. The molecule has 1 heterocycles. The monoisotopic (exact) mass is 314 g/mol. The Morgan fingerprint density at radius 3 is 3.05 bits per heavy atom. The van der Waals surface area contributed by atoms with Gasteiger partial charge in [-0.05, 0) is 43.4 Å². The van der Waals surface area contributed by atoms with Crippen molar-refractivity contribution in [1.29, 1.82) is 0 Å². The summed E-state index contributed by atoms with van der Waals surface area (Å²) < 4.78 is 0. The van der Waals surface area contributed by atoms with Gasteiger partial charge in [-0.25, -0.2) is 0 Å². The van der Waals surface area contributed by atoms with E-state index < -0.39 is 0 Å². The Morgan fingerprint density at radius 2 is 2.23 bits per heavy atom. The van der Waals surface area contributed by atoms with Crippen molar-refractivity contribution >= 4 is 17.5 Å². The summed E-state index contributed by atoms with van der Waals surface area (Å²) in [6.07, 6.45) is 4.96. The van der Waals surface area contributed by atoms with Crippen LogP contribution in [0.25, 0.3) is 0 Å². The predicted octanol–water partition coefficient (Wildman–Crippen LogP) is 3.89. The molecule has 4 heteroatoms. The average molecular weight is 315 g/mol. The van der Waals surface area contributed by atoms with Crippen LogP contribution in [0.4, 0.5) is 0 Å². The standard InChI is InChI=1S/C18H19ClN2O/c1-12-9-17(19)16(11-20-12)18(22)21-10-14-7-4-6-13-5-2-3-8-15(13)14/h2-3,5,8-9,11,14H,4,6-7,10H2,1H3,(H,21,22). The van der Waals surface area contributed by atoms with Crippen LogP contribution in [0.3, 0.4) is 0 Å². The number of fused-ring (bicyclic) bond motifs is 1. The van der Waals surface area contributed by atoms with Crippen LogP contribution in [0.1, 0.15) is 45.9 Å². The molecule has 1 aliphatic carbocycles. The highest BCUT2D eigenvalue weighted by Gasteiger charge is 2.21. The molecule has 1 amide bonds. The first-order valence-corrected chi connectivity index (χ1v) is 8.01. The highest BCUT2D eigenvalue weighted by atomic mass is 35.5. The fourth-order valence-electron chi connectivity index (χ4n) is 3.07. The molecular weight excluding hydrogens is 296 g/mol. The number of carbonyl (C=O) groups excluding carboxylic acids is 1. The summed E-state index contributed by atoms with van der Waals surface area (Å²) in [6, 6.07) is 10.2. The van der Waals surface area contributed by atoms with Crippen molar-refractivity contribution in [3.8, 4) is 0 Å². The van der Waals surface area contributed by atoms with Crippen LogP contribution in [0.15, 0.2) is 36.5 Å². The van der Waals surface area contributed by atoms with Crippen LogP contribution in [-0.4, -0.2) is 17.4 Å². The van der Waals surface area contributed by atoms with Gasteiger partial charge in [-0.3, -0.25) is 9.78 Å². The van der Waals surface area contributed by atoms with E-state index >= 15 is 0 Å². The van der Waals surface area contributed by atoms with Gasteiger partial charge in [0.15, 0.2) is 0 Å². The summed E-state index contributed by atoms with van der Waals surface area (Å²) >= 11 is 6.13. The summed E-state index contributed by atoms with van der Waals surface area (Å²) in [5.74, 6) is 0.228. The van der Waals surface area contributed by atoms with Crippen molar-refractivity contribution in [3.05, 3.63) is 63.9 Å². The van der Waals surface area contributed by atoms with Crippen molar-refractivity contribution in [1.82, 2.24) is 10.3 Å². The minimum Gasteiger partial charge on any atom is -0.351 e. The molecule has 1 aromatic heterocycles. The SMILES string of the molecule is Cc1cc(Cl)c(C(=O)NCC2CCCc3ccccc32)cn1. The molecule has 3 nitrogen and oxygen atoms in total. The predicted molar refractivity (Wildman–Crippen MR) is 88.4 cm³/mol. The number of rotatable bonds is 3. The Morgan fingerprint density at radius 1 is 1.41 bits per heavy atom. The Labute approximate surface area is 135 Å². The van der Waals surface area contributed by atoms with Crippen LogP contribution >= 0.6 is 11.6 Å². The highest BCUT2D eigenvalue weighted by Crippen LogP contribution is 2.30. The second-order valence-corrected chi connectivity index (χ2v) is 6.21. The van der Waals surface area contributed by atoms with Crippen LogP contribution < -0.4 is 5.32 Å². The molecule has 0 saturated heterocycles. The molecule has 0 spiro atoms. The molecule has 114 valence electrons. The van der Waals surface area contributed by atoms with Gasteiger partial charge in [0.25, 0.3) is 5.91 Å². The van der Waals surface area contributed by atoms with Crippen molar-refractivity contribution in [2.24, 2.45) is 0 Å². The van der Waals surface area contributed by atoms with Gasteiger partial charge in [0, 0.05) is 24.4 Å². The van der Waals surface area contributed by atoms with Gasteiger partial charge in [0.2, 0.25) is 0 Å². The lowest BCUT2D eigenvalue weighted by Crippen LogP contribution is -2.30. The van der Waals surface area contributed by atoms with E-state index in [-0.39, 0.29) is 5.91 Å². The number of nitrogens with zero attached hydrogens (tertiary/aromatic N) is 1. The Kier molecular flexibility index (Phi) is 4.44. The number of aromatic nitrogens is 1. The molecule has 22 heavy (non-hydrogen) atoms. The van der Waals surface area contributed by atoms with Gasteiger partial charge >= 0.3 is 0 Å². The van der Waals surface area contributed by atoms with Gasteiger partial charge in [-0.2, -0.15) is 0 Å². The third kappa shape index (κ3) is 3.14. The van der Waals surface area contributed by atoms with E-state index in [1.165, 1.54) is 17.5 Å². The van der Waals surface area contributed by atoms with Crippen molar-refractivity contribution < 1.29 is 4.79 Å². The van der Waals surface area contributed by atoms with Gasteiger partial charge in [0.1, 0.15) is 0 Å². The number of carbonyl (C=O) groups is 1. The minimum absolute atomic E-state index is 0.152. The van der Waals surface area contributed by atoms with Gasteiger partial charge in [-0.15, -0.1) is 0 Å². The third-order valence-electron chi connectivity index (χ3n) is 4.24. The van der Waals surface area contributed by atoms with E-state index in [9.17, 15) is 4.79 Å². The maximum Gasteiger partial charge on any atom is 0.254 e.